The molecule has 0 spiro atoms. The quantitative estimate of drug-likeness (QED) is 0.422. The molecule has 3 N–H and O–H groups in total. The number of piperazine rings is 1. The average molecular weight is 450 g/mol. The van der Waals surface area contributed by atoms with E-state index >= 15 is 0 Å². The Morgan fingerprint density at radius 3 is 2.64 bits per heavy atom. The predicted octanol–water partition coefficient (Wildman–Crippen LogP) is 2.99. The summed E-state index contributed by atoms with van der Waals surface area (Å²) in [5, 5.41) is 6.23. The molecule has 1 aliphatic rings. The number of pyridine rings is 1. The van der Waals surface area contributed by atoms with Crippen molar-refractivity contribution in [3.8, 4) is 0 Å². The lowest BCUT2D eigenvalue weighted by Gasteiger charge is -2.33. The second kappa shape index (κ2) is 8.51. The van der Waals surface area contributed by atoms with Crippen LogP contribution in [0.3, 0.4) is 0 Å². The first-order valence-corrected chi connectivity index (χ1v) is 10.5. The summed E-state index contributed by atoms with van der Waals surface area (Å²) in [4.78, 5) is 31.8. The van der Waals surface area contributed by atoms with Crippen molar-refractivity contribution >= 4 is 40.1 Å². The Morgan fingerprint density at radius 1 is 1.06 bits per heavy atom. The minimum atomic E-state index is -0.710. The van der Waals surface area contributed by atoms with E-state index in [4.69, 9.17) is 4.42 Å². The molecule has 0 unspecified atom stereocenters. The third-order valence-corrected chi connectivity index (χ3v) is 5.54. The number of likely N-dealkylation sites (N-methyl/N-ethyl adjacent to an activating group) is 1. The molecule has 11 heteroatoms. The van der Waals surface area contributed by atoms with Gasteiger partial charge >= 0.3 is 5.76 Å². The molecule has 0 atom stereocenters. The van der Waals surface area contributed by atoms with Gasteiger partial charge in [0.2, 0.25) is 5.95 Å². The Bertz CT molecular complexity index is 1340. The first kappa shape index (κ1) is 20.9. The number of hydrogen-bond donors (Lipinski definition) is 3. The fourth-order valence-corrected chi connectivity index (χ4v) is 3.67. The van der Waals surface area contributed by atoms with E-state index in [-0.39, 0.29) is 11.1 Å². The second-order valence-corrected chi connectivity index (χ2v) is 8.02. The van der Waals surface area contributed by atoms with Crippen molar-refractivity contribution in [3.63, 3.8) is 0 Å². The number of rotatable bonds is 5. The molecule has 0 aliphatic carbocycles. The smallest absolute Gasteiger partial charge is 0.405 e. The van der Waals surface area contributed by atoms with Gasteiger partial charge in [-0.3, -0.25) is 4.98 Å². The van der Waals surface area contributed by atoms with Crippen molar-refractivity contribution in [2.24, 2.45) is 0 Å². The highest BCUT2D eigenvalue weighted by Crippen LogP contribution is 2.25. The highest BCUT2D eigenvalue weighted by molar-refractivity contribution is 5.79. The molecular formula is C22H23FN8O2. The van der Waals surface area contributed by atoms with Gasteiger partial charge in [0.25, 0.3) is 0 Å². The lowest BCUT2D eigenvalue weighted by molar-refractivity contribution is 0.312. The van der Waals surface area contributed by atoms with Crippen LogP contribution >= 0.6 is 0 Å². The van der Waals surface area contributed by atoms with Crippen LogP contribution in [-0.2, 0) is 0 Å². The fourth-order valence-electron chi connectivity index (χ4n) is 3.67. The molecule has 10 nitrogen and oxygen atoms in total. The Labute approximate surface area is 188 Å². The van der Waals surface area contributed by atoms with Crippen LogP contribution in [0.4, 0.5) is 33.3 Å². The number of halogens is 1. The van der Waals surface area contributed by atoms with E-state index in [1.165, 1.54) is 6.07 Å². The van der Waals surface area contributed by atoms with E-state index in [2.05, 4.69) is 47.4 Å². The van der Waals surface area contributed by atoms with Crippen molar-refractivity contribution in [2.75, 3.05) is 48.8 Å². The maximum absolute atomic E-state index is 14.3. The number of H-pyrrole nitrogens is 1. The summed E-state index contributed by atoms with van der Waals surface area (Å²) in [6, 6.07) is 6.74. The Morgan fingerprint density at radius 2 is 1.88 bits per heavy atom. The SMILES string of the molecule is Cc1cnc(Nc2ccc(N3CCN(C)CC3)nc2)nc1Nc1cc(F)c2oc(=O)[nH]c2c1. The first-order valence-electron chi connectivity index (χ1n) is 10.5. The number of aryl methyl sites for hydroxylation is 1. The molecule has 1 aliphatic heterocycles. The number of fused-ring (bicyclic) bond motifs is 1. The van der Waals surface area contributed by atoms with Gasteiger partial charge < -0.3 is 24.9 Å². The zero-order valence-corrected chi connectivity index (χ0v) is 18.2. The zero-order valence-electron chi connectivity index (χ0n) is 18.2. The molecule has 1 aromatic carbocycles. The van der Waals surface area contributed by atoms with E-state index in [0.717, 1.165) is 43.2 Å². The van der Waals surface area contributed by atoms with Crippen LogP contribution in [0.15, 0.2) is 45.9 Å². The molecule has 0 bridgehead atoms. The third kappa shape index (κ3) is 4.48. The van der Waals surface area contributed by atoms with Crippen molar-refractivity contribution in [3.05, 3.63) is 58.6 Å². The summed E-state index contributed by atoms with van der Waals surface area (Å²) in [7, 11) is 2.12. The van der Waals surface area contributed by atoms with E-state index in [0.29, 0.717) is 17.5 Å². The van der Waals surface area contributed by atoms with Crippen LogP contribution in [0.2, 0.25) is 0 Å². The van der Waals surface area contributed by atoms with Gasteiger partial charge in [-0.15, -0.1) is 0 Å². The summed E-state index contributed by atoms with van der Waals surface area (Å²) in [5.41, 5.74) is 2.10. The number of oxazole rings is 1. The average Bonchev–Trinajstić information content (AvgIpc) is 3.18. The van der Waals surface area contributed by atoms with Gasteiger partial charge in [-0.1, -0.05) is 0 Å². The summed E-state index contributed by atoms with van der Waals surface area (Å²) >= 11 is 0. The lowest BCUT2D eigenvalue weighted by Crippen LogP contribution is -2.44. The number of aromatic amines is 1. The minimum Gasteiger partial charge on any atom is -0.405 e. The number of nitrogens with one attached hydrogen (secondary N) is 3. The van der Waals surface area contributed by atoms with E-state index in [1.807, 2.05) is 19.1 Å². The van der Waals surface area contributed by atoms with Crippen molar-refractivity contribution < 1.29 is 8.81 Å². The summed E-state index contributed by atoms with van der Waals surface area (Å²) < 4.78 is 19.1. The van der Waals surface area contributed by atoms with Gasteiger partial charge in [-0.2, -0.15) is 4.98 Å². The number of nitrogens with zero attached hydrogens (tertiary/aromatic N) is 5. The standard InChI is InChI=1S/C22H23FN8O2/c1-13-11-25-21(27-14-3-4-18(24-12-14)31-7-5-30(2)6-8-31)29-20(13)26-15-9-16(23)19-17(10-15)28-22(32)33-19/h3-4,9-12H,5-8H2,1-2H3,(H,28,32)(H2,25,26,27,29). The largest absolute Gasteiger partial charge is 0.417 e. The lowest BCUT2D eigenvalue weighted by atomic mass is 10.2. The highest BCUT2D eigenvalue weighted by Gasteiger charge is 2.15. The molecule has 1 fully saturated rings. The molecule has 1 saturated heterocycles. The summed E-state index contributed by atoms with van der Waals surface area (Å²) in [6.07, 6.45) is 3.42. The van der Waals surface area contributed by atoms with Crippen LogP contribution in [-0.4, -0.2) is 58.1 Å². The molecule has 5 rings (SSSR count). The molecule has 33 heavy (non-hydrogen) atoms. The van der Waals surface area contributed by atoms with Crippen LogP contribution in [0.25, 0.3) is 11.1 Å². The number of benzene rings is 1. The van der Waals surface area contributed by atoms with E-state index in [1.54, 1.807) is 18.5 Å². The van der Waals surface area contributed by atoms with Gasteiger partial charge in [0.15, 0.2) is 11.4 Å². The van der Waals surface area contributed by atoms with Crippen molar-refractivity contribution in [1.29, 1.82) is 0 Å². The molecule has 170 valence electrons. The molecular weight excluding hydrogens is 427 g/mol. The van der Waals surface area contributed by atoms with Gasteiger partial charge in [0.05, 0.1) is 17.4 Å². The molecule has 4 heterocycles. The Balaban J connectivity index is 1.32. The van der Waals surface area contributed by atoms with Crippen LogP contribution in [0.5, 0.6) is 0 Å². The van der Waals surface area contributed by atoms with Crippen LogP contribution in [0, 0.1) is 12.7 Å². The maximum atomic E-state index is 14.3. The fraction of sp³-hybridized carbons (Fsp3) is 0.273. The second-order valence-electron chi connectivity index (χ2n) is 8.02. The molecule has 0 saturated carbocycles. The van der Waals surface area contributed by atoms with Gasteiger partial charge in [0, 0.05) is 49.7 Å². The first-order chi connectivity index (χ1) is 15.9. The Kier molecular flexibility index (Phi) is 5.38. The monoisotopic (exact) mass is 450 g/mol. The van der Waals surface area contributed by atoms with Crippen molar-refractivity contribution in [1.82, 2.24) is 24.8 Å². The highest BCUT2D eigenvalue weighted by atomic mass is 19.1. The van der Waals surface area contributed by atoms with E-state index in [9.17, 15) is 9.18 Å². The topological polar surface area (TPSA) is 115 Å². The van der Waals surface area contributed by atoms with E-state index < -0.39 is 11.6 Å². The van der Waals surface area contributed by atoms with Crippen LogP contribution < -0.4 is 21.3 Å². The van der Waals surface area contributed by atoms with Crippen LogP contribution in [0.1, 0.15) is 5.56 Å². The summed E-state index contributed by atoms with van der Waals surface area (Å²) in [6.45, 7) is 5.77. The molecule has 0 amide bonds. The zero-order chi connectivity index (χ0) is 22.9. The summed E-state index contributed by atoms with van der Waals surface area (Å²) in [5.74, 6) is 0.452. The number of anilines is 5. The number of hydrogen-bond acceptors (Lipinski definition) is 9. The normalized spacial score (nSPS) is 14.6. The molecule has 4 aromatic rings. The minimum absolute atomic E-state index is 0.111. The Hall–Kier alpha value is -3.99. The molecule has 0 radical (unpaired) electrons. The maximum Gasteiger partial charge on any atom is 0.417 e. The molecule has 3 aromatic heterocycles. The van der Waals surface area contributed by atoms with Crippen molar-refractivity contribution in [2.45, 2.75) is 6.92 Å². The van der Waals surface area contributed by atoms with Gasteiger partial charge in [-0.25, -0.2) is 19.2 Å². The number of aromatic nitrogens is 4. The van der Waals surface area contributed by atoms with Gasteiger partial charge in [0.1, 0.15) is 11.6 Å². The third-order valence-electron chi connectivity index (χ3n) is 5.54. The predicted molar refractivity (Wildman–Crippen MR) is 124 cm³/mol. The van der Waals surface area contributed by atoms with Gasteiger partial charge in [-0.05, 0) is 32.2 Å².